The summed E-state index contributed by atoms with van der Waals surface area (Å²) >= 11 is 0. The van der Waals surface area contributed by atoms with E-state index in [1.807, 2.05) is 18.2 Å². The van der Waals surface area contributed by atoms with E-state index < -0.39 is 0 Å². The number of amides is 1. The molecule has 5 rings (SSSR count). The van der Waals surface area contributed by atoms with Gasteiger partial charge in [-0.15, -0.1) is 0 Å². The maximum Gasteiger partial charge on any atom is 0.272 e. The molecule has 1 aliphatic carbocycles. The van der Waals surface area contributed by atoms with E-state index in [4.69, 9.17) is 9.47 Å². The molecule has 6 nitrogen and oxygen atoms in total. The van der Waals surface area contributed by atoms with Gasteiger partial charge in [-0.1, -0.05) is 6.07 Å². The molecule has 0 bridgehead atoms. The Labute approximate surface area is 160 Å². The number of hydrogen-bond donors (Lipinski definition) is 1. The van der Waals surface area contributed by atoms with Gasteiger partial charge in [0, 0.05) is 17.8 Å². The first-order valence-corrected chi connectivity index (χ1v) is 9.22. The van der Waals surface area contributed by atoms with Crippen molar-refractivity contribution in [1.29, 1.82) is 0 Å². The molecule has 7 heteroatoms. The predicted molar refractivity (Wildman–Crippen MR) is 99.3 cm³/mol. The predicted octanol–water partition coefficient (Wildman–Crippen LogP) is 3.16. The van der Waals surface area contributed by atoms with Crippen molar-refractivity contribution >= 4 is 5.91 Å². The number of halogens is 1. The van der Waals surface area contributed by atoms with Crippen LogP contribution in [0.3, 0.4) is 0 Å². The van der Waals surface area contributed by atoms with Crippen LogP contribution in [0.1, 0.15) is 33.7 Å². The highest BCUT2D eigenvalue weighted by Crippen LogP contribution is 2.32. The minimum absolute atomic E-state index is 0.211. The Bertz CT molecular complexity index is 1060. The van der Waals surface area contributed by atoms with Crippen molar-refractivity contribution in [2.24, 2.45) is 0 Å². The maximum absolute atomic E-state index is 13.2. The number of hydrogen-bond acceptors (Lipinski definition) is 4. The average molecular weight is 379 g/mol. The lowest BCUT2D eigenvalue weighted by atomic mass is 10.1. The number of nitrogens with one attached hydrogen (secondary N) is 1. The number of fused-ring (bicyclic) bond motifs is 2. The van der Waals surface area contributed by atoms with Crippen molar-refractivity contribution in [1.82, 2.24) is 15.1 Å². The first-order chi connectivity index (χ1) is 13.7. The van der Waals surface area contributed by atoms with Gasteiger partial charge in [0.25, 0.3) is 5.91 Å². The second-order valence-corrected chi connectivity index (χ2v) is 6.89. The third-order valence-electron chi connectivity index (χ3n) is 5.11. The highest BCUT2D eigenvalue weighted by Gasteiger charge is 2.27. The largest absolute Gasteiger partial charge is 0.454 e. The monoisotopic (exact) mass is 379 g/mol. The summed E-state index contributed by atoms with van der Waals surface area (Å²) in [7, 11) is 0. The van der Waals surface area contributed by atoms with E-state index in [1.54, 1.807) is 16.8 Å². The SMILES string of the molecule is O=C(NCc1ccc2c(c1)OCO2)c1nn(-c2ccc(F)cc2)c2c1CCC2. The minimum Gasteiger partial charge on any atom is -0.454 e. The normalized spacial score (nSPS) is 14.2. The molecule has 0 atom stereocenters. The lowest BCUT2D eigenvalue weighted by Crippen LogP contribution is -2.24. The molecule has 1 aromatic heterocycles. The summed E-state index contributed by atoms with van der Waals surface area (Å²) in [6.45, 7) is 0.589. The van der Waals surface area contributed by atoms with Gasteiger partial charge >= 0.3 is 0 Å². The minimum atomic E-state index is -0.297. The number of aromatic nitrogens is 2. The van der Waals surface area contributed by atoms with Crippen molar-refractivity contribution in [2.45, 2.75) is 25.8 Å². The molecule has 2 aliphatic rings. The molecular weight excluding hydrogens is 361 g/mol. The summed E-state index contributed by atoms with van der Waals surface area (Å²) < 4.78 is 25.7. The van der Waals surface area contributed by atoms with Crippen LogP contribution in [0, 0.1) is 5.82 Å². The number of carbonyl (C=O) groups excluding carboxylic acids is 1. The second-order valence-electron chi connectivity index (χ2n) is 6.89. The van der Waals surface area contributed by atoms with Gasteiger partial charge in [-0.3, -0.25) is 4.79 Å². The number of benzene rings is 2. The molecule has 0 spiro atoms. The molecule has 0 saturated carbocycles. The molecule has 3 aromatic rings. The molecule has 0 unspecified atom stereocenters. The molecule has 0 radical (unpaired) electrons. The molecule has 1 aliphatic heterocycles. The fraction of sp³-hybridized carbons (Fsp3) is 0.238. The molecule has 0 saturated heterocycles. The van der Waals surface area contributed by atoms with Crippen LogP contribution >= 0.6 is 0 Å². The Hall–Kier alpha value is -3.35. The van der Waals surface area contributed by atoms with Gasteiger partial charge in [0.15, 0.2) is 17.2 Å². The Balaban J connectivity index is 1.38. The second kappa shape index (κ2) is 6.67. The van der Waals surface area contributed by atoms with Crippen molar-refractivity contribution in [3.8, 4) is 17.2 Å². The lowest BCUT2D eigenvalue weighted by molar-refractivity contribution is 0.0944. The zero-order valence-corrected chi connectivity index (χ0v) is 15.1. The molecule has 2 aromatic carbocycles. The summed E-state index contributed by atoms with van der Waals surface area (Å²) in [5.74, 6) is 0.894. The number of ether oxygens (including phenoxy) is 2. The van der Waals surface area contributed by atoms with Gasteiger partial charge in [0.2, 0.25) is 6.79 Å². The van der Waals surface area contributed by atoms with E-state index in [9.17, 15) is 9.18 Å². The number of nitrogens with zero attached hydrogens (tertiary/aromatic N) is 2. The molecule has 28 heavy (non-hydrogen) atoms. The quantitative estimate of drug-likeness (QED) is 0.756. The van der Waals surface area contributed by atoms with Gasteiger partial charge in [0.1, 0.15) is 5.82 Å². The van der Waals surface area contributed by atoms with Crippen LogP contribution in [0.4, 0.5) is 4.39 Å². The highest BCUT2D eigenvalue weighted by molar-refractivity contribution is 5.94. The van der Waals surface area contributed by atoms with Crippen LogP contribution in [0.15, 0.2) is 42.5 Å². The van der Waals surface area contributed by atoms with Crippen LogP contribution in [-0.2, 0) is 19.4 Å². The summed E-state index contributed by atoms with van der Waals surface area (Å²) in [5.41, 5.74) is 4.13. The number of carbonyl (C=O) groups is 1. The van der Waals surface area contributed by atoms with E-state index in [2.05, 4.69) is 10.4 Å². The van der Waals surface area contributed by atoms with E-state index in [0.29, 0.717) is 23.7 Å². The van der Waals surface area contributed by atoms with Crippen molar-refractivity contribution in [2.75, 3.05) is 6.79 Å². The molecule has 142 valence electrons. The number of rotatable bonds is 4. The third-order valence-corrected chi connectivity index (χ3v) is 5.11. The Morgan fingerprint density at radius 3 is 2.79 bits per heavy atom. The Morgan fingerprint density at radius 2 is 1.93 bits per heavy atom. The zero-order valence-electron chi connectivity index (χ0n) is 15.1. The Morgan fingerprint density at radius 1 is 1.11 bits per heavy atom. The van der Waals surface area contributed by atoms with E-state index >= 15 is 0 Å². The van der Waals surface area contributed by atoms with Crippen molar-refractivity contribution in [3.63, 3.8) is 0 Å². The maximum atomic E-state index is 13.2. The van der Waals surface area contributed by atoms with Gasteiger partial charge < -0.3 is 14.8 Å². The average Bonchev–Trinajstić information content (AvgIpc) is 3.42. The molecule has 1 N–H and O–H groups in total. The van der Waals surface area contributed by atoms with E-state index in [1.165, 1.54) is 12.1 Å². The first-order valence-electron chi connectivity index (χ1n) is 9.22. The zero-order chi connectivity index (χ0) is 19.1. The van der Waals surface area contributed by atoms with Gasteiger partial charge in [-0.2, -0.15) is 5.10 Å². The van der Waals surface area contributed by atoms with Crippen molar-refractivity contribution in [3.05, 3.63) is 70.8 Å². The molecule has 1 amide bonds. The van der Waals surface area contributed by atoms with E-state index in [-0.39, 0.29) is 18.5 Å². The fourth-order valence-corrected chi connectivity index (χ4v) is 3.73. The van der Waals surface area contributed by atoms with Crippen LogP contribution in [0.2, 0.25) is 0 Å². The summed E-state index contributed by atoms with van der Waals surface area (Å²) in [5, 5.41) is 7.48. The molecular formula is C21H18FN3O3. The molecule has 2 heterocycles. The molecule has 0 fully saturated rings. The summed E-state index contributed by atoms with van der Waals surface area (Å²) in [4.78, 5) is 12.8. The Kier molecular flexibility index (Phi) is 4.00. The van der Waals surface area contributed by atoms with Crippen molar-refractivity contribution < 1.29 is 18.7 Å². The third kappa shape index (κ3) is 2.89. The van der Waals surface area contributed by atoms with Gasteiger partial charge in [-0.05, 0) is 61.2 Å². The smallest absolute Gasteiger partial charge is 0.272 e. The van der Waals surface area contributed by atoms with Gasteiger partial charge in [-0.25, -0.2) is 9.07 Å². The van der Waals surface area contributed by atoms with Crippen LogP contribution in [0.25, 0.3) is 5.69 Å². The summed E-state index contributed by atoms with van der Waals surface area (Å²) in [6.07, 6.45) is 2.66. The highest BCUT2D eigenvalue weighted by atomic mass is 19.1. The van der Waals surface area contributed by atoms with Gasteiger partial charge in [0.05, 0.1) is 5.69 Å². The van der Waals surface area contributed by atoms with E-state index in [0.717, 1.165) is 41.8 Å². The van der Waals surface area contributed by atoms with Crippen LogP contribution in [-0.4, -0.2) is 22.5 Å². The van der Waals surface area contributed by atoms with Crippen LogP contribution in [0.5, 0.6) is 11.5 Å². The first kappa shape index (κ1) is 16.8. The summed E-state index contributed by atoms with van der Waals surface area (Å²) in [6, 6.07) is 11.8. The van der Waals surface area contributed by atoms with Crippen LogP contribution < -0.4 is 14.8 Å². The fourth-order valence-electron chi connectivity index (χ4n) is 3.73. The topological polar surface area (TPSA) is 65.4 Å². The lowest BCUT2D eigenvalue weighted by Gasteiger charge is -2.06. The standard InChI is InChI=1S/C21H18FN3O3/c22-14-5-7-15(8-6-14)25-17-3-1-2-16(17)20(24-25)21(26)23-11-13-4-9-18-19(10-13)28-12-27-18/h4-10H,1-3,11-12H2,(H,23,26).